The van der Waals surface area contributed by atoms with Gasteiger partial charge < -0.3 is 9.15 Å². The summed E-state index contributed by atoms with van der Waals surface area (Å²) in [6, 6.07) is 0. The van der Waals surface area contributed by atoms with Crippen LogP contribution in [0.2, 0.25) is 0 Å². The number of rotatable bonds is 3. The smallest absolute Gasteiger partial charge is 0.440 e. The van der Waals surface area contributed by atoms with E-state index in [0.717, 1.165) is 0 Å². The number of nitrogens with zero attached hydrogens (tertiary/aromatic N) is 1. The van der Waals surface area contributed by atoms with E-state index >= 15 is 0 Å². The second kappa shape index (κ2) is 4.08. The van der Waals surface area contributed by atoms with Crippen LogP contribution in [0.1, 0.15) is 25.3 Å². The maximum absolute atomic E-state index is 10.4. The normalized spacial score (nSPS) is 12.5. The van der Waals surface area contributed by atoms with E-state index in [4.69, 9.17) is 11.6 Å². The maximum atomic E-state index is 10.4. The minimum absolute atomic E-state index is 0.0958. The Hall–Kier alpha value is -1.30. The van der Waals surface area contributed by atoms with Crippen molar-refractivity contribution in [1.29, 1.82) is 0 Å². The molecule has 0 aliphatic rings. The first-order valence-corrected chi connectivity index (χ1v) is 3.84. The molecule has 0 saturated heterocycles. The zero-order valence-electron chi connectivity index (χ0n) is 6.65. The third-order valence-electron chi connectivity index (χ3n) is 1.28. The van der Waals surface area contributed by atoms with Crippen LogP contribution in [-0.2, 0) is 4.74 Å². The largest absolute Gasteiger partial charge is 0.542 e. The van der Waals surface area contributed by atoms with Gasteiger partial charge in [0, 0.05) is 11.6 Å². The summed E-state index contributed by atoms with van der Waals surface area (Å²) in [5.74, 6) is -1.04. The van der Waals surface area contributed by atoms with Crippen molar-refractivity contribution >= 4 is 17.0 Å². The minimum atomic E-state index is -0.988. The molecule has 0 saturated carbocycles. The summed E-state index contributed by atoms with van der Waals surface area (Å²) >= 11 is 4.97. The highest BCUT2D eigenvalue weighted by Gasteiger charge is 2.20. The third kappa shape index (κ3) is 2.59. The van der Waals surface area contributed by atoms with E-state index in [0.29, 0.717) is 6.42 Å². The maximum Gasteiger partial charge on any atom is 0.542 e. The molecule has 0 aromatic carbocycles. The van der Waals surface area contributed by atoms with Crippen LogP contribution in [0.25, 0.3) is 0 Å². The van der Waals surface area contributed by atoms with E-state index in [1.807, 2.05) is 0 Å². The number of halogens is 1. The highest BCUT2D eigenvalue weighted by atomic mass is 35.5. The fourth-order valence-corrected chi connectivity index (χ4v) is 0.857. The standard InChI is InChI=1S/C6H6ClNO5/c1-2-3(11-5(7)9)4-8-13-6(10)12-4/h3H,2H2,1H3. The molecule has 6 nitrogen and oxygen atoms in total. The predicted molar refractivity (Wildman–Crippen MR) is 40.4 cm³/mol. The average Bonchev–Trinajstić information content (AvgIpc) is 2.47. The topological polar surface area (TPSA) is 82.5 Å². The van der Waals surface area contributed by atoms with Gasteiger partial charge >= 0.3 is 11.3 Å². The van der Waals surface area contributed by atoms with Gasteiger partial charge in [-0.25, -0.2) is 9.59 Å². The van der Waals surface area contributed by atoms with Crippen molar-refractivity contribution in [3.63, 3.8) is 0 Å². The number of carbonyl (C=O) groups is 1. The fraction of sp³-hybridized carbons (Fsp3) is 0.500. The number of hydrogen-bond donors (Lipinski definition) is 0. The van der Waals surface area contributed by atoms with Crippen molar-refractivity contribution < 1.29 is 18.5 Å². The lowest BCUT2D eigenvalue weighted by Crippen LogP contribution is -2.05. The Bertz CT molecular complexity index is 343. The molecule has 0 aliphatic heterocycles. The Balaban J connectivity index is 2.78. The van der Waals surface area contributed by atoms with Crippen LogP contribution in [0.15, 0.2) is 13.7 Å². The molecule has 1 unspecified atom stereocenters. The molecule has 0 bridgehead atoms. The van der Waals surface area contributed by atoms with Crippen LogP contribution >= 0.6 is 11.6 Å². The van der Waals surface area contributed by atoms with Crippen LogP contribution < -0.4 is 5.82 Å². The molecule has 1 heterocycles. The van der Waals surface area contributed by atoms with E-state index in [1.54, 1.807) is 6.92 Å². The van der Waals surface area contributed by atoms with Crippen molar-refractivity contribution in [3.8, 4) is 0 Å². The summed E-state index contributed by atoms with van der Waals surface area (Å²) in [6.45, 7) is 1.71. The van der Waals surface area contributed by atoms with Gasteiger partial charge in [-0.05, 0) is 11.6 Å². The molecule has 0 N–H and O–H groups in total. The number of hydrogen-bond acceptors (Lipinski definition) is 6. The summed E-state index contributed by atoms with van der Waals surface area (Å²) in [7, 11) is 0. The molecule has 0 aliphatic carbocycles. The highest BCUT2D eigenvalue weighted by molar-refractivity contribution is 6.61. The first-order valence-electron chi connectivity index (χ1n) is 3.46. The van der Waals surface area contributed by atoms with Crippen LogP contribution in [0.5, 0.6) is 0 Å². The van der Waals surface area contributed by atoms with Gasteiger partial charge in [-0.2, -0.15) is 0 Å². The van der Waals surface area contributed by atoms with Crippen molar-refractivity contribution in [2.45, 2.75) is 19.4 Å². The Morgan fingerprint density at radius 2 is 2.46 bits per heavy atom. The molecular weight excluding hydrogens is 202 g/mol. The monoisotopic (exact) mass is 207 g/mol. The molecule has 7 heteroatoms. The zero-order chi connectivity index (χ0) is 9.84. The molecule has 0 spiro atoms. The highest BCUT2D eigenvalue weighted by Crippen LogP contribution is 2.18. The molecule has 0 amide bonds. The SMILES string of the molecule is CCC(OC(=O)Cl)c1noc(=O)o1. The number of carbonyl (C=O) groups excluding carboxylic acids is 1. The van der Waals surface area contributed by atoms with Gasteiger partial charge in [0.15, 0.2) is 6.10 Å². The zero-order valence-corrected chi connectivity index (χ0v) is 7.41. The summed E-state index contributed by atoms with van der Waals surface area (Å²) in [6.07, 6.45) is -0.398. The molecule has 72 valence electrons. The van der Waals surface area contributed by atoms with Crippen LogP contribution in [0, 0.1) is 0 Å². The first-order chi connectivity index (χ1) is 6.13. The van der Waals surface area contributed by atoms with E-state index in [1.165, 1.54) is 0 Å². The van der Waals surface area contributed by atoms with E-state index in [9.17, 15) is 9.59 Å². The van der Waals surface area contributed by atoms with Crippen molar-refractivity contribution in [1.82, 2.24) is 5.16 Å². The molecule has 1 aromatic rings. The summed E-state index contributed by atoms with van der Waals surface area (Å²) < 4.78 is 13.2. The van der Waals surface area contributed by atoms with E-state index in [-0.39, 0.29) is 5.89 Å². The van der Waals surface area contributed by atoms with Crippen LogP contribution in [0.4, 0.5) is 4.79 Å². The molecule has 1 rings (SSSR count). The Morgan fingerprint density at radius 1 is 1.77 bits per heavy atom. The van der Waals surface area contributed by atoms with Gasteiger partial charge in [0.1, 0.15) is 0 Å². The number of ether oxygens (including phenoxy) is 1. The second-order valence-electron chi connectivity index (χ2n) is 2.13. The van der Waals surface area contributed by atoms with Crippen molar-refractivity contribution in [2.75, 3.05) is 0 Å². The molecule has 1 atom stereocenters. The van der Waals surface area contributed by atoms with Crippen molar-refractivity contribution in [2.24, 2.45) is 0 Å². The van der Waals surface area contributed by atoms with Gasteiger partial charge in [-0.3, -0.25) is 4.52 Å². The van der Waals surface area contributed by atoms with Gasteiger partial charge in [0.2, 0.25) is 0 Å². The molecule has 1 aromatic heterocycles. The van der Waals surface area contributed by atoms with Gasteiger partial charge in [-0.1, -0.05) is 6.92 Å². The van der Waals surface area contributed by atoms with Gasteiger partial charge in [0.05, 0.1) is 0 Å². The van der Waals surface area contributed by atoms with E-state index in [2.05, 4.69) is 18.8 Å². The molecular formula is C6H6ClNO5. The number of aromatic nitrogens is 1. The lowest BCUT2D eigenvalue weighted by Gasteiger charge is -2.07. The summed E-state index contributed by atoms with van der Waals surface area (Å²) in [5, 5.41) is 3.25. The lowest BCUT2D eigenvalue weighted by molar-refractivity contribution is 0.0989. The molecule has 0 fully saturated rings. The fourth-order valence-electron chi connectivity index (χ4n) is 0.750. The van der Waals surface area contributed by atoms with E-state index < -0.39 is 17.4 Å². The second-order valence-corrected chi connectivity index (χ2v) is 2.43. The van der Waals surface area contributed by atoms with Crippen molar-refractivity contribution in [3.05, 3.63) is 16.5 Å². The lowest BCUT2D eigenvalue weighted by atomic mass is 10.3. The minimum Gasteiger partial charge on any atom is -0.440 e. The van der Waals surface area contributed by atoms with Crippen LogP contribution in [-0.4, -0.2) is 10.6 Å². The van der Waals surface area contributed by atoms with Gasteiger partial charge in [-0.15, -0.1) is 0 Å². The third-order valence-corrected chi connectivity index (χ3v) is 1.37. The van der Waals surface area contributed by atoms with Crippen LogP contribution in [0.3, 0.4) is 0 Å². The predicted octanol–water partition coefficient (Wildman–Crippen LogP) is 1.45. The van der Waals surface area contributed by atoms with Gasteiger partial charge in [0.25, 0.3) is 5.89 Å². The quantitative estimate of drug-likeness (QED) is 0.698. The first kappa shape index (κ1) is 9.79. The Kier molecular flexibility index (Phi) is 3.07. The summed E-state index contributed by atoms with van der Waals surface area (Å²) in [4.78, 5) is 20.8. The molecule has 0 radical (unpaired) electrons. The Morgan fingerprint density at radius 3 is 2.85 bits per heavy atom. The summed E-state index contributed by atoms with van der Waals surface area (Å²) in [5.41, 5.74) is -0.988. The average molecular weight is 208 g/mol. The molecule has 13 heavy (non-hydrogen) atoms. The Labute approximate surface area is 77.4 Å².